The Morgan fingerprint density at radius 1 is 0.714 bits per heavy atom. The molecule has 140 valence electrons. The molecule has 0 saturated carbocycles. The molecule has 0 aliphatic carbocycles. The first-order valence-corrected chi connectivity index (χ1v) is 8.57. The van der Waals surface area contributed by atoms with Gasteiger partial charge in [0.05, 0.1) is 12.0 Å². The van der Waals surface area contributed by atoms with Gasteiger partial charge in [0.2, 0.25) is 5.91 Å². The number of halogens is 1. The average Bonchev–Trinajstić information content (AvgIpc) is 2.74. The van der Waals surface area contributed by atoms with Gasteiger partial charge in [-0.15, -0.1) is 0 Å². The number of carbonyl (C=O) groups excluding carboxylic acids is 3. The second-order valence-electron chi connectivity index (χ2n) is 6.05. The van der Waals surface area contributed by atoms with E-state index in [0.29, 0.717) is 11.1 Å². The Kier molecular flexibility index (Phi) is 5.91. The van der Waals surface area contributed by atoms with Crippen molar-refractivity contribution in [1.29, 1.82) is 0 Å². The molecule has 0 spiro atoms. The molecule has 6 heteroatoms. The quantitative estimate of drug-likeness (QED) is 0.531. The van der Waals surface area contributed by atoms with Crippen molar-refractivity contribution >= 4 is 17.6 Å². The van der Waals surface area contributed by atoms with Crippen LogP contribution in [0.25, 0.3) is 0 Å². The van der Waals surface area contributed by atoms with Gasteiger partial charge in [-0.2, -0.15) is 0 Å². The normalized spacial score (nSPS) is 10.2. The summed E-state index contributed by atoms with van der Waals surface area (Å²) in [6.07, 6.45) is -0.0227. The third-order valence-corrected chi connectivity index (χ3v) is 4.05. The van der Waals surface area contributed by atoms with Crippen LogP contribution in [0.4, 0.5) is 4.39 Å². The molecule has 0 atom stereocenters. The molecule has 0 fully saturated rings. The van der Waals surface area contributed by atoms with E-state index in [-0.39, 0.29) is 23.3 Å². The highest BCUT2D eigenvalue weighted by atomic mass is 19.1. The predicted octanol–water partition coefficient (Wildman–Crippen LogP) is 3.06. The number of rotatable bonds is 5. The van der Waals surface area contributed by atoms with Crippen LogP contribution in [-0.4, -0.2) is 17.6 Å². The van der Waals surface area contributed by atoms with Gasteiger partial charge < -0.3 is 0 Å². The molecule has 0 aliphatic rings. The Labute approximate surface area is 161 Å². The average molecular weight is 376 g/mol. The molecule has 0 aromatic heterocycles. The Hall–Kier alpha value is -3.80. The Bertz CT molecular complexity index is 1000. The Balaban J connectivity index is 1.67. The third kappa shape index (κ3) is 4.67. The zero-order valence-corrected chi connectivity index (χ0v) is 14.8. The summed E-state index contributed by atoms with van der Waals surface area (Å²) >= 11 is 0. The van der Waals surface area contributed by atoms with Crippen LogP contribution in [0, 0.1) is 5.82 Å². The summed E-state index contributed by atoms with van der Waals surface area (Å²) in [6, 6.07) is 20.5. The minimum absolute atomic E-state index is 0.0227. The van der Waals surface area contributed by atoms with Gasteiger partial charge in [0.25, 0.3) is 5.91 Å². The van der Waals surface area contributed by atoms with Crippen molar-refractivity contribution in [3.63, 3.8) is 0 Å². The van der Waals surface area contributed by atoms with Gasteiger partial charge in [-0.3, -0.25) is 25.2 Å². The molecular formula is C22H17FN2O3. The Morgan fingerprint density at radius 3 is 2.00 bits per heavy atom. The van der Waals surface area contributed by atoms with Crippen LogP contribution in [0.15, 0.2) is 78.9 Å². The van der Waals surface area contributed by atoms with Crippen molar-refractivity contribution in [3.8, 4) is 0 Å². The van der Waals surface area contributed by atoms with E-state index in [4.69, 9.17) is 0 Å². The lowest BCUT2D eigenvalue weighted by Crippen LogP contribution is -2.42. The number of hydrogen-bond acceptors (Lipinski definition) is 3. The number of hydrogen-bond donors (Lipinski definition) is 2. The lowest BCUT2D eigenvalue weighted by molar-refractivity contribution is -0.121. The minimum Gasteiger partial charge on any atom is -0.289 e. The van der Waals surface area contributed by atoms with Gasteiger partial charge in [-0.05, 0) is 23.8 Å². The minimum atomic E-state index is -0.604. The van der Waals surface area contributed by atoms with Crippen molar-refractivity contribution in [2.24, 2.45) is 0 Å². The molecule has 5 nitrogen and oxygen atoms in total. The van der Waals surface area contributed by atoms with E-state index in [1.54, 1.807) is 48.5 Å². The van der Waals surface area contributed by atoms with Crippen LogP contribution >= 0.6 is 0 Å². The summed E-state index contributed by atoms with van der Waals surface area (Å²) in [5, 5.41) is 0. The van der Waals surface area contributed by atoms with Crippen LogP contribution in [0.2, 0.25) is 0 Å². The number of hydrazine groups is 1. The van der Waals surface area contributed by atoms with E-state index in [1.165, 1.54) is 30.3 Å². The van der Waals surface area contributed by atoms with E-state index in [0.717, 1.165) is 0 Å². The SMILES string of the molecule is O=C(Cc1ccc(F)cc1)NNC(=O)c1ccccc1C(=O)c1ccccc1. The van der Waals surface area contributed by atoms with E-state index in [1.807, 2.05) is 0 Å². The highest BCUT2D eigenvalue weighted by Crippen LogP contribution is 2.14. The van der Waals surface area contributed by atoms with Crippen molar-refractivity contribution in [3.05, 3.63) is 107 Å². The van der Waals surface area contributed by atoms with Crippen molar-refractivity contribution in [2.45, 2.75) is 6.42 Å². The summed E-state index contributed by atoms with van der Waals surface area (Å²) in [7, 11) is 0. The molecule has 0 radical (unpaired) electrons. The fourth-order valence-electron chi connectivity index (χ4n) is 2.65. The molecule has 0 saturated heterocycles. The number of amides is 2. The molecule has 0 unspecified atom stereocenters. The number of ketones is 1. The summed E-state index contributed by atoms with van der Waals surface area (Å²) in [4.78, 5) is 37.1. The maximum Gasteiger partial charge on any atom is 0.270 e. The highest BCUT2D eigenvalue weighted by Gasteiger charge is 2.18. The Morgan fingerprint density at radius 2 is 1.32 bits per heavy atom. The summed E-state index contributed by atoms with van der Waals surface area (Å²) in [5.74, 6) is -1.75. The summed E-state index contributed by atoms with van der Waals surface area (Å²) in [5.41, 5.74) is 6.07. The van der Waals surface area contributed by atoms with E-state index in [9.17, 15) is 18.8 Å². The maximum atomic E-state index is 12.9. The zero-order chi connectivity index (χ0) is 19.9. The molecule has 2 amide bonds. The fourth-order valence-corrected chi connectivity index (χ4v) is 2.65. The van der Waals surface area contributed by atoms with Gasteiger partial charge in [-0.25, -0.2) is 4.39 Å². The van der Waals surface area contributed by atoms with Gasteiger partial charge in [-0.1, -0.05) is 60.7 Å². The first-order chi connectivity index (χ1) is 13.5. The zero-order valence-electron chi connectivity index (χ0n) is 14.8. The molecule has 28 heavy (non-hydrogen) atoms. The molecule has 3 aromatic rings. The molecule has 0 heterocycles. The first kappa shape index (κ1) is 19.0. The molecule has 3 rings (SSSR count). The van der Waals surface area contributed by atoms with Gasteiger partial charge >= 0.3 is 0 Å². The fraction of sp³-hybridized carbons (Fsp3) is 0.0455. The highest BCUT2D eigenvalue weighted by molar-refractivity contribution is 6.15. The largest absolute Gasteiger partial charge is 0.289 e. The second kappa shape index (κ2) is 8.73. The summed E-state index contributed by atoms with van der Waals surface area (Å²) in [6.45, 7) is 0. The van der Waals surface area contributed by atoms with Gasteiger partial charge in [0, 0.05) is 11.1 Å². The first-order valence-electron chi connectivity index (χ1n) is 8.57. The van der Waals surface area contributed by atoms with Crippen molar-refractivity contribution < 1.29 is 18.8 Å². The lowest BCUT2D eigenvalue weighted by atomic mass is 9.98. The van der Waals surface area contributed by atoms with Gasteiger partial charge in [0.15, 0.2) is 5.78 Å². The molecule has 3 aromatic carbocycles. The van der Waals surface area contributed by atoms with Crippen LogP contribution in [0.1, 0.15) is 31.8 Å². The topological polar surface area (TPSA) is 75.3 Å². The number of carbonyl (C=O) groups is 3. The molecule has 2 N–H and O–H groups in total. The van der Waals surface area contributed by atoms with Crippen LogP contribution in [0.5, 0.6) is 0 Å². The van der Waals surface area contributed by atoms with E-state index >= 15 is 0 Å². The maximum absolute atomic E-state index is 12.9. The third-order valence-electron chi connectivity index (χ3n) is 4.05. The van der Waals surface area contributed by atoms with Crippen LogP contribution < -0.4 is 10.9 Å². The molecule has 0 aliphatic heterocycles. The molecular weight excluding hydrogens is 359 g/mol. The van der Waals surface area contributed by atoms with Crippen molar-refractivity contribution in [2.75, 3.05) is 0 Å². The second-order valence-corrected chi connectivity index (χ2v) is 6.05. The lowest BCUT2D eigenvalue weighted by Gasteiger charge is -2.11. The van der Waals surface area contributed by atoms with E-state index < -0.39 is 17.6 Å². The molecule has 0 bridgehead atoms. The number of benzene rings is 3. The van der Waals surface area contributed by atoms with Crippen molar-refractivity contribution in [1.82, 2.24) is 10.9 Å². The summed E-state index contributed by atoms with van der Waals surface area (Å²) < 4.78 is 12.9. The van der Waals surface area contributed by atoms with Crippen LogP contribution in [-0.2, 0) is 11.2 Å². The standard InChI is InChI=1S/C22H17FN2O3/c23-17-12-10-15(11-13-17)14-20(26)24-25-22(28)19-9-5-4-8-18(19)21(27)16-6-2-1-3-7-16/h1-13H,14H2,(H,24,26)(H,25,28). The smallest absolute Gasteiger partial charge is 0.270 e. The van der Waals surface area contributed by atoms with Gasteiger partial charge in [0.1, 0.15) is 5.82 Å². The number of nitrogens with one attached hydrogen (secondary N) is 2. The predicted molar refractivity (Wildman–Crippen MR) is 102 cm³/mol. The van der Waals surface area contributed by atoms with Crippen LogP contribution in [0.3, 0.4) is 0 Å². The monoisotopic (exact) mass is 376 g/mol. The van der Waals surface area contributed by atoms with E-state index in [2.05, 4.69) is 10.9 Å².